The molecule has 1 atom stereocenters. The SMILES string of the molecule is CCNC(CN(C)CC)c1cc(OC)ccc1OC. The third-order valence-corrected chi connectivity index (χ3v) is 3.30. The quantitative estimate of drug-likeness (QED) is 0.783. The number of rotatable bonds is 8. The van der Waals surface area contributed by atoms with Crippen molar-refractivity contribution in [1.29, 1.82) is 0 Å². The van der Waals surface area contributed by atoms with Gasteiger partial charge in [-0.25, -0.2) is 0 Å². The molecule has 0 spiro atoms. The minimum Gasteiger partial charge on any atom is -0.497 e. The van der Waals surface area contributed by atoms with Crippen LogP contribution in [0.2, 0.25) is 0 Å². The van der Waals surface area contributed by atoms with E-state index in [2.05, 4.69) is 37.2 Å². The summed E-state index contributed by atoms with van der Waals surface area (Å²) in [6.45, 7) is 7.15. The minimum absolute atomic E-state index is 0.236. The first-order valence-electron chi connectivity index (χ1n) is 6.80. The summed E-state index contributed by atoms with van der Waals surface area (Å²) in [5.74, 6) is 1.76. The number of methoxy groups -OCH3 is 2. The van der Waals surface area contributed by atoms with Crippen molar-refractivity contribution >= 4 is 0 Å². The Hall–Kier alpha value is -1.26. The highest BCUT2D eigenvalue weighted by atomic mass is 16.5. The highest BCUT2D eigenvalue weighted by Gasteiger charge is 2.17. The van der Waals surface area contributed by atoms with Crippen molar-refractivity contribution in [3.63, 3.8) is 0 Å². The molecule has 0 aliphatic carbocycles. The second kappa shape index (κ2) is 8.02. The molecule has 0 saturated carbocycles. The first-order valence-corrected chi connectivity index (χ1v) is 6.80. The fourth-order valence-corrected chi connectivity index (χ4v) is 2.07. The minimum atomic E-state index is 0.236. The number of hydrogen-bond acceptors (Lipinski definition) is 4. The normalized spacial score (nSPS) is 12.5. The summed E-state index contributed by atoms with van der Waals surface area (Å²) in [6.07, 6.45) is 0. The summed E-state index contributed by atoms with van der Waals surface area (Å²) in [4.78, 5) is 2.28. The zero-order chi connectivity index (χ0) is 14.3. The van der Waals surface area contributed by atoms with E-state index in [1.54, 1.807) is 14.2 Å². The standard InChI is InChI=1S/C15H26N2O2/c1-6-16-14(11-17(3)7-2)13-10-12(18-4)8-9-15(13)19-5/h8-10,14,16H,6-7,11H2,1-5H3. The maximum atomic E-state index is 5.47. The number of nitrogens with zero attached hydrogens (tertiary/aromatic N) is 1. The number of likely N-dealkylation sites (N-methyl/N-ethyl adjacent to an activating group) is 2. The lowest BCUT2D eigenvalue weighted by Gasteiger charge is -2.25. The number of hydrogen-bond donors (Lipinski definition) is 1. The van der Waals surface area contributed by atoms with Crippen LogP contribution in [-0.2, 0) is 0 Å². The van der Waals surface area contributed by atoms with Gasteiger partial charge < -0.3 is 19.7 Å². The predicted octanol–water partition coefficient (Wildman–Crippen LogP) is 2.31. The van der Waals surface area contributed by atoms with E-state index in [-0.39, 0.29) is 6.04 Å². The molecule has 0 aromatic heterocycles. The molecule has 1 aromatic rings. The van der Waals surface area contributed by atoms with E-state index in [1.165, 1.54) is 0 Å². The van der Waals surface area contributed by atoms with Crippen LogP contribution in [0.5, 0.6) is 11.5 Å². The molecule has 0 aliphatic heterocycles. The maximum Gasteiger partial charge on any atom is 0.123 e. The van der Waals surface area contributed by atoms with Crippen LogP contribution < -0.4 is 14.8 Å². The molecule has 4 nitrogen and oxygen atoms in total. The van der Waals surface area contributed by atoms with E-state index < -0.39 is 0 Å². The molecule has 108 valence electrons. The van der Waals surface area contributed by atoms with Crippen LogP contribution in [0, 0.1) is 0 Å². The third kappa shape index (κ3) is 4.40. The summed E-state index contributed by atoms with van der Waals surface area (Å²) in [7, 11) is 5.51. The Morgan fingerprint density at radius 3 is 2.47 bits per heavy atom. The van der Waals surface area contributed by atoms with Crippen molar-refractivity contribution in [3.8, 4) is 11.5 Å². The molecule has 0 heterocycles. The second-order valence-corrected chi connectivity index (χ2v) is 4.57. The Balaban J connectivity index is 3.04. The summed E-state index contributed by atoms with van der Waals surface area (Å²) in [5, 5.41) is 3.51. The molecule has 1 unspecified atom stereocenters. The van der Waals surface area contributed by atoms with Gasteiger partial charge in [-0.1, -0.05) is 13.8 Å². The zero-order valence-corrected chi connectivity index (χ0v) is 12.7. The lowest BCUT2D eigenvalue weighted by Crippen LogP contribution is -2.33. The van der Waals surface area contributed by atoms with Gasteiger partial charge in [0.15, 0.2) is 0 Å². The van der Waals surface area contributed by atoms with Gasteiger partial charge in [-0.05, 0) is 38.3 Å². The van der Waals surface area contributed by atoms with Crippen LogP contribution in [0.1, 0.15) is 25.5 Å². The van der Waals surface area contributed by atoms with Gasteiger partial charge in [0.2, 0.25) is 0 Å². The van der Waals surface area contributed by atoms with Crippen LogP contribution in [0.25, 0.3) is 0 Å². The van der Waals surface area contributed by atoms with Crippen molar-refractivity contribution in [2.45, 2.75) is 19.9 Å². The second-order valence-electron chi connectivity index (χ2n) is 4.57. The molecule has 1 aromatic carbocycles. The molecule has 4 heteroatoms. The highest BCUT2D eigenvalue weighted by Crippen LogP contribution is 2.29. The Morgan fingerprint density at radius 2 is 1.95 bits per heavy atom. The van der Waals surface area contributed by atoms with Crippen LogP contribution in [0.4, 0.5) is 0 Å². The van der Waals surface area contributed by atoms with E-state index in [9.17, 15) is 0 Å². The van der Waals surface area contributed by atoms with E-state index >= 15 is 0 Å². The van der Waals surface area contributed by atoms with Crippen molar-refractivity contribution in [2.75, 3.05) is 40.9 Å². The van der Waals surface area contributed by atoms with Gasteiger partial charge in [0.1, 0.15) is 11.5 Å². The molecule has 19 heavy (non-hydrogen) atoms. The van der Waals surface area contributed by atoms with Gasteiger partial charge in [0, 0.05) is 18.2 Å². The van der Waals surface area contributed by atoms with Crippen molar-refractivity contribution in [2.24, 2.45) is 0 Å². The van der Waals surface area contributed by atoms with Gasteiger partial charge in [-0.2, -0.15) is 0 Å². The smallest absolute Gasteiger partial charge is 0.123 e. The molecule has 0 amide bonds. The predicted molar refractivity (Wildman–Crippen MR) is 79.1 cm³/mol. The Bertz CT molecular complexity index is 382. The number of nitrogens with one attached hydrogen (secondary N) is 1. The fraction of sp³-hybridized carbons (Fsp3) is 0.600. The molecule has 0 saturated heterocycles. The van der Waals surface area contributed by atoms with Gasteiger partial charge in [0.05, 0.1) is 14.2 Å². The number of ether oxygens (including phenoxy) is 2. The first kappa shape index (κ1) is 15.8. The molecular formula is C15H26N2O2. The average molecular weight is 266 g/mol. The molecule has 0 aliphatic rings. The van der Waals surface area contributed by atoms with Gasteiger partial charge >= 0.3 is 0 Å². The van der Waals surface area contributed by atoms with E-state index in [0.29, 0.717) is 0 Å². The topological polar surface area (TPSA) is 33.7 Å². The summed E-state index contributed by atoms with van der Waals surface area (Å²) >= 11 is 0. The number of benzene rings is 1. The van der Waals surface area contributed by atoms with Gasteiger partial charge in [0.25, 0.3) is 0 Å². The van der Waals surface area contributed by atoms with Gasteiger partial charge in [-0.15, -0.1) is 0 Å². The molecule has 0 radical (unpaired) electrons. The monoisotopic (exact) mass is 266 g/mol. The Labute approximate surface area is 116 Å². The zero-order valence-electron chi connectivity index (χ0n) is 12.7. The summed E-state index contributed by atoms with van der Waals surface area (Å²) in [5.41, 5.74) is 1.14. The fourth-order valence-electron chi connectivity index (χ4n) is 2.07. The van der Waals surface area contributed by atoms with Crippen molar-refractivity contribution in [1.82, 2.24) is 10.2 Å². The highest BCUT2D eigenvalue weighted by molar-refractivity contribution is 5.42. The van der Waals surface area contributed by atoms with Gasteiger partial charge in [-0.3, -0.25) is 0 Å². The maximum absolute atomic E-state index is 5.47. The van der Waals surface area contributed by atoms with E-state index in [4.69, 9.17) is 9.47 Å². The third-order valence-electron chi connectivity index (χ3n) is 3.30. The first-order chi connectivity index (χ1) is 9.15. The van der Waals surface area contributed by atoms with E-state index in [0.717, 1.165) is 36.7 Å². The molecule has 0 bridgehead atoms. The molecule has 1 rings (SSSR count). The largest absolute Gasteiger partial charge is 0.497 e. The molecule has 1 N–H and O–H groups in total. The molecule has 0 fully saturated rings. The molecular weight excluding hydrogens is 240 g/mol. The Kier molecular flexibility index (Phi) is 6.67. The summed E-state index contributed by atoms with van der Waals surface area (Å²) < 4.78 is 10.8. The lowest BCUT2D eigenvalue weighted by atomic mass is 10.0. The average Bonchev–Trinajstić information content (AvgIpc) is 2.45. The van der Waals surface area contributed by atoms with Crippen molar-refractivity contribution in [3.05, 3.63) is 23.8 Å². The van der Waals surface area contributed by atoms with Crippen LogP contribution in [0.3, 0.4) is 0 Å². The van der Waals surface area contributed by atoms with Crippen LogP contribution in [0.15, 0.2) is 18.2 Å². The van der Waals surface area contributed by atoms with Crippen LogP contribution >= 0.6 is 0 Å². The summed E-state index contributed by atoms with van der Waals surface area (Å²) in [6, 6.07) is 6.18. The van der Waals surface area contributed by atoms with Crippen molar-refractivity contribution < 1.29 is 9.47 Å². The van der Waals surface area contributed by atoms with Crippen LogP contribution in [-0.4, -0.2) is 45.8 Å². The Morgan fingerprint density at radius 1 is 1.21 bits per heavy atom. The van der Waals surface area contributed by atoms with E-state index in [1.807, 2.05) is 12.1 Å². The lowest BCUT2D eigenvalue weighted by molar-refractivity contribution is 0.299.